The number of hydrogen-bond acceptors (Lipinski definition) is 4. The molecule has 1 aromatic rings. The molecule has 0 aromatic heterocycles. The first-order chi connectivity index (χ1) is 11.9. The molecule has 3 rings (SSSR count). The van der Waals surface area contributed by atoms with Crippen LogP contribution < -0.4 is 4.90 Å². The maximum Gasteiger partial charge on any atom is 0.293 e. The highest BCUT2D eigenvalue weighted by atomic mass is 32.2. The Hall–Kier alpha value is -1.82. The van der Waals surface area contributed by atoms with Crippen molar-refractivity contribution in [2.24, 2.45) is 0 Å². The normalized spacial score (nSPS) is 20.9. The SMILES string of the molecule is CCC(C)N1C(=O)SC(=Cc2cc(F)c(N3CCCC3)cc2C)C1=O. The number of rotatable bonds is 4. The Morgan fingerprint density at radius 2 is 1.96 bits per heavy atom. The molecule has 25 heavy (non-hydrogen) atoms. The summed E-state index contributed by atoms with van der Waals surface area (Å²) in [7, 11) is 0. The van der Waals surface area contributed by atoms with Gasteiger partial charge in [0.05, 0.1) is 10.6 Å². The van der Waals surface area contributed by atoms with E-state index in [9.17, 15) is 14.0 Å². The third-order valence-electron chi connectivity index (χ3n) is 4.92. The maximum absolute atomic E-state index is 14.5. The molecule has 2 amide bonds. The molecular formula is C19H23FN2O2S. The zero-order valence-electron chi connectivity index (χ0n) is 14.8. The van der Waals surface area contributed by atoms with Crippen molar-refractivity contribution in [3.8, 4) is 0 Å². The molecule has 2 aliphatic heterocycles. The molecule has 0 radical (unpaired) electrons. The fourth-order valence-corrected chi connectivity index (χ4v) is 4.14. The second kappa shape index (κ2) is 7.20. The highest BCUT2D eigenvalue weighted by Gasteiger charge is 2.37. The maximum atomic E-state index is 14.5. The van der Waals surface area contributed by atoms with Gasteiger partial charge in [-0.25, -0.2) is 4.39 Å². The number of imide groups is 1. The highest BCUT2D eigenvalue weighted by molar-refractivity contribution is 8.18. The Balaban J connectivity index is 1.90. The second-order valence-corrected chi connectivity index (χ2v) is 7.66. The molecule has 0 saturated carbocycles. The number of nitrogens with zero attached hydrogens (tertiary/aromatic N) is 2. The van der Waals surface area contributed by atoms with E-state index in [-0.39, 0.29) is 23.0 Å². The number of carbonyl (C=O) groups excluding carboxylic acids is 2. The lowest BCUT2D eigenvalue weighted by atomic mass is 10.1. The third-order valence-corrected chi connectivity index (χ3v) is 5.81. The summed E-state index contributed by atoms with van der Waals surface area (Å²) < 4.78 is 14.5. The largest absolute Gasteiger partial charge is 0.369 e. The van der Waals surface area contributed by atoms with Gasteiger partial charge in [-0.05, 0) is 74.2 Å². The van der Waals surface area contributed by atoms with Gasteiger partial charge in [0.1, 0.15) is 5.82 Å². The molecule has 1 unspecified atom stereocenters. The number of anilines is 1. The van der Waals surface area contributed by atoms with Gasteiger partial charge in [-0.3, -0.25) is 14.5 Å². The summed E-state index contributed by atoms with van der Waals surface area (Å²) in [6, 6.07) is 3.18. The van der Waals surface area contributed by atoms with Crippen molar-refractivity contribution in [3.63, 3.8) is 0 Å². The number of carbonyl (C=O) groups is 2. The number of thioether (sulfide) groups is 1. The number of amides is 2. The predicted molar refractivity (Wildman–Crippen MR) is 100 cm³/mol. The fraction of sp³-hybridized carbons (Fsp3) is 0.474. The standard InChI is InChI=1S/C19H23FN2O2S/c1-4-13(3)22-18(23)17(25-19(22)24)11-14-10-15(20)16(9-12(14)2)21-7-5-6-8-21/h9-11,13H,4-8H2,1-3H3. The van der Waals surface area contributed by atoms with E-state index in [1.54, 1.807) is 6.08 Å². The predicted octanol–water partition coefficient (Wildman–Crippen LogP) is 4.57. The van der Waals surface area contributed by atoms with Gasteiger partial charge in [0, 0.05) is 19.1 Å². The molecule has 2 aliphatic rings. The number of benzene rings is 1. The first kappa shape index (κ1) is 18.0. The van der Waals surface area contributed by atoms with Gasteiger partial charge in [-0.2, -0.15) is 0 Å². The molecule has 2 saturated heterocycles. The van der Waals surface area contributed by atoms with Crippen LogP contribution in [-0.4, -0.2) is 35.2 Å². The Kier molecular flexibility index (Phi) is 5.18. The zero-order valence-corrected chi connectivity index (χ0v) is 15.7. The summed E-state index contributed by atoms with van der Waals surface area (Å²) in [6.45, 7) is 7.46. The number of halogens is 1. The Bertz CT molecular complexity index is 741. The van der Waals surface area contributed by atoms with Crippen molar-refractivity contribution in [1.29, 1.82) is 0 Å². The highest BCUT2D eigenvalue weighted by Crippen LogP contribution is 2.35. The zero-order chi connectivity index (χ0) is 18.1. The number of aryl methyl sites for hydroxylation is 1. The van der Waals surface area contributed by atoms with E-state index in [1.165, 1.54) is 11.0 Å². The van der Waals surface area contributed by atoms with E-state index in [0.717, 1.165) is 43.3 Å². The molecule has 2 heterocycles. The summed E-state index contributed by atoms with van der Waals surface area (Å²) in [5, 5.41) is -0.252. The van der Waals surface area contributed by atoms with Crippen molar-refractivity contribution >= 4 is 34.7 Å². The van der Waals surface area contributed by atoms with Gasteiger partial charge in [0.25, 0.3) is 11.1 Å². The van der Waals surface area contributed by atoms with E-state index in [0.29, 0.717) is 22.6 Å². The smallest absolute Gasteiger partial charge is 0.293 e. The van der Waals surface area contributed by atoms with Gasteiger partial charge >= 0.3 is 0 Å². The summed E-state index contributed by atoms with van der Waals surface area (Å²) >= 11 is 0.930. The Labute approximate surface area is 152 Å². The van der Waals surface area contributed by atoms with Crippen LogP contribution in [0.5, 0.6) is 0 Å². The van der Waals surface area contributed by atoms with Crippen molar-refractivity contribution < 1.29 is 14.0 Å². The van der Waals surface area contributed by atoms with Crippen molar-refractivity contribution in [3.05, 3.63) is 34.0 Å². The van der Waals surface area contributed by atoms with Crippen molar-refractivity contribution in [2.75, 3.05) is 18.0 Å². The third kappa shape index (κ3) is 3.45. The van der Waals surface area contributed by atoms with Crippen molar-refractivity contribution in [2.45, 2.75) is 46.1 Å². The molecule has 134 valence electrons. The van der Waals surface area contributed by atoms with Crippen LogP contribution in [-0.2, 0) is 4.79 Å². The molecule has 0 aliphatic carbocycles. The first-order valence-electron chi connectivity index (χ1n) is 8.74. The van der Waals surface area contributed by atoms with Crippen LogP contribution in [0.1, 0.15) is 44.2 Å². The second-order valence-electron chi connectivity index (χ2n) is 6.66. The average molecular weight is 362 g/mol. The summed E-state index contributed by atoms with van der Waals surface area (Å²) in [5.74, 6) is -0.562. The molecule has 0 bridgehead atoms. The molecule has 0 N–H and O–H groups in total. The lowest BCUT2D eigenvalue weighted by Crippen LogP contribution is -2.36. The van der Waals surface area contributed by atoms with Crippen LogP contribution in [0.3, 0.4) is 0 Å². The van der Waals surface area contributed by atoms with E-state index in [4.69, 9.17) is 0 Å². The Morgan fingerprint density at radius 1 is 1.28 bits per heavy atom. The molecule has 1 aromatic carbocycles. The van der Waals surface area contributed by atoms with Gasteiger partial charge < -0.3 is 4.90 Å². The summed E-state index contributed by atoms with van der Waals surface area (Å²) in [4.78, 5) is 28.3. The monoisotopic (exact) mass is 362 g/mol. The van der Waals surface area contributed by atoms with Gasteiger partial charge in [-0.15, -0.1) is 0 Å². The summed E-state index contributed by atoms with van der Waals surface area (Å²) in [5.41, 5.74) is 2.17. The van der Waals surface area contributed by atoms with E-state index in [2.05, 4.69) is 4.90 Å². The molecular weight excluding hydrogens is 339 g/mol. The molecule has 2 fully saturated rings. The van der Waals surface area contributed by atoms with Crippen LogP contribution in [0.25, 0.3) is 6.08 Å². The molecule has 1 atom stereocenters. The van der Waals surface area contributed by atoms with Crippen LogP contribution in [0.2, 0.25) is 0 Å². The topological polar surface area (TPSA) is 40.6 Å². The quantitative estimate of drug-likeness (QED) is 0.736. The lowest BCUT2D eigenvalue weighted by molar-refractivity contribution is -0.124. The molecule has 6 heteroatoms. The van der Waals surface area contributed by atoms with E-state index < -0.39 is 0 Å². The minimum absolute atomic E-state index is 0.131. The van der Waals surface area contributed by atoms with E-state index in [1.807, 2.05) is 26.8 Å². The molecule has 4 nitrogen and oxygen atoms in total. The summed E-state index contributed by atoms with van der Waals surface area (Å²) in [6.07, 6.45) is 4.52. The Morgan fingerprint density at radius 3 is 2.60 bits per heavy atom. The number of hydrogen-bond donors (Lipinski definition) is 0. The van der Waals surface area contributed by atoms with E-state index >= 15 is 0 Å². The van der Waals surface area contributed by atoms with Gasteiger partial charge in [0.15, 0.2) is 0 Å². The van der Waals surface area contributed by atoms with Gasteiger partial charge in [-0.1, -0.05) is 6.92 Å². The minimum Gasteiger partial charge on any atom is -0.369 e. The van der Waals surface area contributed by atoms with Crippen LogP contribution >= 0.6 is 11.8 Å². The van der Waals surface area contributed by atoms with Gasteiger partial charge in [0.2, 0.25) is 0 Å². The minimum atomic E-state index is -0.284. The first-order valence-corrected chi connectivity index (χ1v) is 9.56. The van der Waals surface area contributed by atoms with Crippen LogP contribution in [0, 0.1) is 12.7 Å². The fourth-order valence-electron chi connectivity index (χ4n) is 3.22. The van der Waals surface area contributed by atoms with Crippen molar-refractivity contribution in [1.82, 2.24) is 4.90 Å². The molecule has 0 spiro atoms. The van der Waals surface area contributed by atoms with Crippen LogP contribution in [0.15, 0.2) is 17.0 Å². The average Bonchev–Trinajstić information content (AvgIpc) is 3.19. The van der Waals surface area contributed by atoms with Crippen LogP contribution in [0.4, 0.5) is 14.9 Å². The lowest BCUT2D eigenvalue weighted by Gasteiger charge is -2.20.